The van der Waals surface area contributed by atoms with Gasteiger partial charge in [-0.3, -0.25) is 4.79 Å². The SMILES string of the molecule is CCN1CCN(c2ccc(-c3cc4c(N5CCN(C(=O)C6CC(C)(O)C6)CC5)ccnn4c3)cc2)CC1. The van der Waals surface area contributed by atoms with Crippen LogP contribution in [0.25, 0.3) is 16.6 Å². The second-order valence-corrected chi connectivity index (χ2v) is 11.2. The molecule has 1 amide bonds. The van der Waals surface area contributed by atoms with E-state index in [-0.39, 0.29) is 11.8 Å². The zero-order valence-corrected chi connectivity index (χ0v) is 22.0. The van der Waals surface area contributed by atoms with Crippen molar-refractivity contribution in [2.45, 2.75) is 32.3 Å². The molecule has 196 valence electrons. The lowest BCUT2D eigenvalue weighted by Crippen LogP contribution is -2.54. The van der Waals surface area contributed by atoms with Crippen molar-refractivity contribution in [1.82, 2.24) is 19.4 Å². The Balaban J connectivity index is 1.13. The van der Waals surface area contributed by atoms with E-state index in [4.69, 9.17) is 0 Å². The van der Waals surface area contributed by atoms with E-state index in [1.165, 1.54) is 11.3 Å². The summed E-state index contributed by atoms with van der Waals surface area (Å²) in [5.41, 5.74) is 5.23. The Morgan fingerprint density at radius 1 is 0.946 bits per heavy atom. The molecule has 0 spiro atoms. The Kier molecular flexibility index (Phi) is 6.32. The molecule has 37 heavy (non-hydrogen) atoms. The number of hydrogen-bond acceptors (Lipinski definition) is 6. The van der Waals surface area contributed by atoms with Gasteiger partial charge in [0.25, 0.3) is 0 Å². The van der Waals surface area contributed by atoms with Crippen molar-refractivity contribution < 1.29 is 9.90 Å². The summed E-state index contributed by atoms with van der Waals surface area (Å²) < 4.78 is 1.97. The van der Waals surface area contributed by atoms with Crippen LogP contribution in [0.5, 0.6) is 0 Å². The van der Waals surface area contributed by atoms with Crippen LogP contribution < -0.4 is 9.80 Å². The van der Waals surface area contributed by atoms with Crippen LogP contribution in [0.3, 0.4) is 0 Å². The lowest BCUT2D eigenvalue weighted by atomic mass is 9.71. The first-order chi connectivity index (χ1) is 17.9. The minimum absolute atomic E-state index is 0.0188. The van der Waals surface area contributed by atoms with E-state index in [9.17, 15) is 9.90 Å². The summed E-state index contributed by atoms with van der Waals surface area (Å²) in [5, 5.41) is 14.6. The van der Waals surface area contributed by atoms with Gasteiger partial charge in [0.2, 0.25) is 5.91 Å². The average Bonchev–Trinajstić information content (AvgIpc) is 3.36. The molecule has 2 saturated heterocycles. The van der Waals surface area contributed by atoms with Gasteiger partial charge >= 0.3 is 0 Å². The van der Waals surface area contributed by atoms with Gasteiger partial charge in [-0.1, -0.05) is 19.1 Å². The average molecular weight is 503 g/mol. The molecule has 2 aromatic heterocycles. The quantitative estimate of drug-likeness (QED) is 0.579. The lowest BCUT2D eigenvalue weighted by molar-refractivity contribution is -0.149. The summed E-state index contributed by atoms with van der Waals surface area (Å²) in [6.45, 7) is 12.6. The number of nitrogens with zero attached hydrogens (tertiary/aromatic N) is 6. The van der Waals surface area contributed by atoms with E-state index in [1.807, 2.05) is 22.5 Å². The molecule has 3 aliphatic rings. The highest BCUT2D eigenvalue weighted by atomic mass is 16.3. The number of carbonyl (C=O) groups excluding carboxylic acids is 1. The molecule has 6 rings (SSSR count). The number of aromatic nitrogens is 2. The van der Waals surface area contributed by atoms with Crippen molar-refractivity contribution in [1.29, 1.82) is 0 Å². The molecule has 3 fully saturated rings. The normalized spacial score (nSPS) is 24.9. The smallest absolute Gasteiger partial charge is 0.226 e. The number of carbonyl (C=O) groups is 1. The fourth-order valence-electron chi connectivity index (χ4n) is 6.21. The van der Waals surface area contributed by atoms with Gasteiger partial charge in [-0.05, 0) is 56.1 Å². The number of amides is 1. The minimum Gasteiger partial charge on any atom is -0.390 e. The van der Waals surface area contributed by atoms with Crippen molar-refractivity contribution in [2.75, 3.05) is 68.7 Å². The summed E-state index contributed by atoms with van der Waals surface area (Å²) in [6.07, 6.45) is 5.14. The van der Waals surface area contributed by atoms with Crippen molar-refractivity contribution in [2.24, 2.45) is 5.92 Å². The number of benzene rings is 1. The standard InChI is InChI=1S/C29H38N6O2/c1-3-31-10-12-32(13-11-31)25-6-4-22(5-7-25)23-18-27-26(8-9-30-35(27)21-23)33-14-16-34(17-15-33)28(36)24-19-29(2,37)20-24/h4-9,18,21,24,37H,3,10-17,19-20H2,1-2H3. The first kappa shape index (κ1) is 24.2. The van der Waals surface area contributed by atoms with E-state index in [1.54, 1.807) is 0 Å². The van der Waals surface area contributed by atoms with Crippen molar-refractivity contribution in [3.05, 3.63) is 48.8 Å². The molecule has 0 atom stereocenters. The molecule has 0 unspecified atom stereocenters. The molecule has 3 aromatic rings. The molecular weight excluding hydrogens is 464 g/mol. The number of hydrogen-bond donors (Lipinski definition) is 1. The van der Waals surface area contributed by atoms with E-state index in [0.717, 1.165) is 62.6 Å². The molecule has 1 N–H and O–H groups in total. The van der Waals surface area contributed by atoms with Crippen molar-refractivity contribution in [3.8, 4) is 11.1 Å². The number of anilines is 2. The van der Waals surface area contributed by atoms with Crippen LogP contribution in [0, 0.1) is 5.92 Å². The lowest BCUT2D eigenvalue weighted by Gasteiger charge is -2.44. The highest BCUT2D eigenvalue weighted by Gasteiger charge is 2.44. The molecule has 1 aromatic carbocycles. The number of rotatable bonds is 5. The van der Waals surface area contributed by atoms with Gasteiger partial charge in [0.05, 0.1) is 16.8 Å². The molecule has 8 nitrogen and oxygen atoms in total. The van der Waals surface area contributed by atoms with Gasteiger partial charge in [0, 0.05) is 81.9 Å². The predicted octanol–water partition coefficient (Wildman–Crippen LogP) is 2.95. The Labute approximate surface area is 219 Å². The molecule has 0 bridgehead atoms. The zero-order valence-electron chi connectivity index (χ0n) is 22.0. The third-order valence-corrected chi connectivity index (χ3v) is 8.53. The van der Waals surface area contributed by atoms with Gasteiger partial charge in [-0.2, -0.15) is 5.10 Å². The first-order valence-electron chi connectivity index (χ1n) is 13.7. The summed E-state index contributed by atoms with van der Waals surface area (Å²) in [7, 11) is 0. The number of aliphatic hydroxyl groups is 1. The molecule has 1 aliphatic carbocycles. The third kappa shape index (κ3) is 4.80. The van der Waals surface area contributed by atoms with Crippen molar-refractivity contribution >= 4 is 22.8 Å². The molecule has 8 heteroatoms. The topological polar surface area (TPSA) is 67.6 Å². The molecule has 0 radical (unpaired) electrons. The largest absolute Gasteiger partial charge is 0.390 e. The van der Waals surface area contributed by atoms with E-state index >= 15 is 0 Å². The predicted molar refractivity (Wildman–Crippen MR) is 147 cm³/mol. The van der Waals surface area contributed by atoms with Gasteiger partial charge in [0.1, 0.15) is 0 Å². The fraction of sp³-hybridized carbons (Fsp3) is 0.517. The Bertz CT molecular complexity index is 1250. The molecule has 1 saturated carbocycles. The zero-order chi connectivity index (χ0) is 25.6. The molecule has 2 aliphatic heterocycles. The second kappa shape index (κ2) is 9.65. The fourth-order valence-corrected chi connectivity index (χ4v) is 6.21. The van der Waals surface area contributed by atoms with E-state index in [0.29, 0.717) is 25.9 Å². The summed E-state index contributed by atoms with van der Waals surface area (Å²) in [6, 6.07) is 13.2. The number of piperazine rings is 2. The van der Waals surface area contributed by atoms with Crippen molar-refractivity contribution in [3.63, 3.8) is 0 Å². The molecular formula is C29H38N6O2. The van der Waals surface area contributed by atoms with Crippen LogP contribution in [0.2, 0.25) is 0 Å². The van der Waals surface area contributed by atoms with Crippen LogP contribution in [0.1, 0.15) is 26.7 Å². The third-order valence-electron chi connectivity index (χ3n) is 8.53. The maximum absolute atomic E-state index is 12.8. The second-order valence-electron chi connectivity index (χ2n) is 11.2. The maximum atomic E-state index is 12.8. The van der Waals surface area contributed by atoms with Crippen LogP contribution in [-0.4, -0.2) is 94.9 Å². The van der Waals surface area contributed by atoms with Crippen LogP contribution in [0.4, 0.5) is 11.4 Å². The van der Waals surface area contributed by atoms with E-state index < -0.39 is 5.60 Å². The Hall–Kier alpha value is -3.10. The van der Waals surface area contributed by atoms with Gasteiger partial charge in [0.15, 0.2) is 0 Å². The van der Waals surface area contributed by atoms with Gasteiger partial charge in [-0.15, -0.1) is 0 Å². The Morgan fingerprint density at radius 2 is 1.62 bits per heavy atom. The number of likely N-dealkylation sites (N-methyl/N-ethyl adjacent to an activating group) is 1. The maximum Gasteiger partial charge on any atom is 0.226 e. The van der Waals surface area contributed by atoms with Gasteiger partial charge < -0.3 is 24.7 Å². The summed E-state index contributed by atoms with van der Waals surface area (Å²) >= 11 is 0. The summed E-state index contributed by atoms with van der Waals surface area (Å²) in [4.78, 5) is 22.1. The van der Waals surface area contributed by atoms with E-state index in [2.05, 4.69) is 69.3 Å². The molecule has 4 heterocycles. The number of fused-ring (bicyclic) bond motifs is 1. The van der Waals surface area contributed by atoms with Crippen LogP contribution in [-0.2, 0) is 4.79 Å². The monoisotopic (exact) mass is 502 g/mol. The highest BCUT2D eigenvalue weighted by molar-refractivity contribution is 5.82. The van der Waals surface area contributed by atoms with Crippen LogP contribution >= 0.6 is 0 Å². The minimum atomic E-state index is -0.665. The first-order valence-corrected chi connectivity index (χ1v) is 13.7. The van der Waals surface area contributed by atoms with Gasteiger partial charge in [-0.25, -0.2) is 4.52 Å². The Morgan fingerprint density at radius 3 is 2.27 bits per heavy atom. The summed E-state index contributed by atoms with van der Waals surface area (Å²) in [5.74, 6) is 0.182. The van der Waals surface area contributed by atoms with Crippen LogP contribution in [0.15, 0.2) is 48.8 Å². The highest BCUT2D eigenvalue weighted by Crippen LogP contribution is 2.38.